The lowest BCUT2D eigenvalue weighted by Crippen LogP contribution is -2.60. The zero-order valence-corrected chi connectivity index (χ0v) is 19.4. The molecule has 0 spiro atoms. The summed E-state index contributed by atoms with van der Waals surface area (Å²) < 4.78 is 21.4. The number of piperidine rings is 1. The van der Waals surface area contributed by atoms with Crippen molar-refractivity contribution in [2.75, 3.05) is 13.1 Å². The minimum Gasteiger partial charge on any atom is -0.486 e. The molecule has 3 aliphatic heterocycles. The number of halogens is 1. The van der Waals surface area contributed by atoms with Crippen molar-refractivity contribution in [3.63, 3.8) is 0 Å². The minimum absolute atomic E-state index is 0.0491. The summed E-state index contributed by atoms with van der Waals surface area (Å²) in [5.41, 5.74) is 0.952. The molecular formula is C26H32FN3O4. The third kappa shape index (κ3) is 3.80. The van der Waals surface area contributed by atoms with E-state index in [1.807, 2.05) is 0 Å². The van der Waals surface area contributed by atoms with Gasteiger partial charge in [-0.2, -0.15) is 0 Å². The zero-order valence-electron chi connectivity index (χ0n) is 19.4. The lowest BCUT2D eigenvalue weighted by Gasteiger charge is -2.52. The van der Waals surface area contributed by atoms with E-state index in [2.05, 4.69) is 10.2 Å². The van der Waals surface area contributed by atoms with E-state index in [0.717, 1.165) is 44.2 Å². The summed E-state index contributed by atoms with van der Waals surface area (Å²) in [6.07, 6.45) is 8.80. The fourth-order valence-corrected chi connectivity index (χ4v) is 6.48. The Morgan fingerprint density at radius 1 is 0.941 bits per heavy atom. The van der Waals surface area contributed by atoms with E-state index >= 15 is 4.39 Å². The van der Waals surface area contributed by atoms with Crippen LogP contribution < -0.4 is 10.1 Å². The number of imide groups is 1. The normalized spacial score (nSPS) is 30.6. The van der Waals surface area contributed by atoms with E-state index in [1.165, 1.54) is 36.6 Å². The lowest BCUT2D eigenvalue weighted by atomic mass is 9.71. The molecule has 0 radical (unpaired) electrons. The molecule has 3 amide bonds. The predicted octanol–water partition coefficient (Wildman–Crippen LogP) is 3.01. The van der Waals surface area contributed by atoms with Gasteiger partial charge in [0.25, 0.3) is 5.91 Å². The summed E-state index contributed by atoms with van der Waals surface area (Å²) in [7, 11) is 0. The highest BCUT2D eigenvalue weighted by molar-refractivity contribution is 6.05. The van der Waals surface area contributed by atoms with Crippen LogP contribution in [-0.4, -0.2) is 58.8 Å². The molecule has 1 N–H and O–H groups in total. The number of carbonyl (C=O) groups excluding carboxylic acids is 3. The third-order valence-electron chi connectivity index (χ3n) is 8.75. The van der Waals surface area contributed by atoms with Crippen LogP contribution in [0.1, 0.15) is 73.7 Å². The van der Waals surface area contributed by atoms with Crippen molar-refractivity contribution in [2.45, 2.75) is 82.5 Å². The van der Waals surface area contributed by atoms with Gasteiger partial charge in [-0.3, -0.25) is 24.6 Å². The van der Waals surface area contributed by atoms with Gasteiger partial charge in [-0.05, 0) is 55.2 Å². The molecule has 2 saturated carbocycles. The molecule has 34 heavy (non-hydrogen) atoms. The Hall–Kier alpha value is -2.48. The number of likely N-dealkylation sites (tertiary alicyclic amines) is 1. The van der Waals surface area contributed by atoms with Gasteiger partial charge in [-0.15, -0.1) is 0 Å². The van der Waals surface area contributed by atoms with Gasteiger partial charge in [0, 0.05) is 37.7 Å². The first-order valence-corrected chi connectivity index (χ1v) is 12.9. The Labute approximate surface area is 199 Å². The van der Waals surface area contributed by atoms with Crippen LogP contribution >= 0.6 is 0 Å². The molecule has 4 fully saturated rings. The lowest BCUT2D eigenvalue weighted by molar-refractivity contribution is -0.136. The monoisotopic (exact) mass is 469 g/mol. The van der Waals surface area contributed by atoms with E-state index < -0.39 is 17.8 Å². The molecule has 3 heterocycles. The smallest absolute Gasteiger partial charge is 0.255 e. The first-order valence-electron chi connectivity index (χ1n) is 12.9. The molecule has 1 aromatic carbocycles. The van der Waals surface area contributed by atoms with E-state index in [1.54, 1.807) is 6.07 Å². The van der Waals surface area contributed by atoms with Gasteiger partial charge in [0.15, 0.2) is 11.6 Å². The van der Waals surface area contributed by atoms with Crippen molar-refractivity contribution in [3.8, 4) is 5.75 Å². The summed E-state index contributed by atoms with van der Waals surface area (Å²) in [5, 5.41) is 2.30. The van der Waals surface area contributed by atoms with Gasteiger partial charge in [-0.1, -0.05) is 25.7 Å². The van der Waals surface area contributed by atoms with Crippen LogP contribution in [0.3, 0.4) is 0 Å². The standard InChI is InChI=1S/C26H32FN3O4/c27-19-11-18-16(14-30(26(18)33)21-8-9-24(31)28-25(21)32)10-23(19)34-22-7-2-1-6-20(22)29-12-17(13-29)15-4-3-5-15/h10-11,15,17,20-22H,1-9,12-14H2,(H,28,31,32)/t20-,21?,22+/m1/s1. The molecule has 6 rings (SSSR count). The average molecular weight is 470 g/mol. The number of ether oxygens (including phenoxy) is 1. The SMILES string of the molecule is O=C1CCC(N2Cc3cc(O[C@H]4CCCC[C@H]4N4CC(C5CCC5)C4)c(F)cc3C2=O)C(=O)N1. The molecule has 182 valence electrons. The predicted molar refractivity (Wildman–Crippen MR) is 122 cm³/mol. The summed E-state index contributed by atoms with van der Waals surface area (Å²) in [4.78, 5) is 40.7. The highest BCUT2D eigenvalue weighted by Crippen LogP contribution is 2.41. The van der Waals surface area contributed by atoms with Crippen molar-refractivity contribution < 1.29 is 23.5 Å². The molecule has 5 aliphatic rings. The first kappa shape index (κ1) is 22.0. The summed E-state index contributed by atoms with van der Waals surface area (Å²) in [6.45, 7) is 2.49. The second kappa shape index (κ2) is 8.63. The summed E-state index contributed by atoms with van der Waals surface area (Å²) in [6, 6.07) is 2.52. The molecule has 7 nitrogen and oxygen atoms in total. The number of benzene rings is 1. The highest BCUT2D eigenvalue weighted by atomic mass is 19.1. The Kier molecular flexibility index (Phi) is 5.59. The van der Waals surface area contributed by atoms with Crippen LogP contribution in [-0.2, 0) is 16.1 Å². The maximum atomic E-state index is 15.1. The molecule has 8 heteroatoms. The maximum absolute atomic E-state index is 15.1. The van der Waals surface area contributed by atoms with Crippen molar-refractivity contribution in [1.29, 1.82) is 0 Å². The molecular weight excluding hydrogens is 437 g/mol. The molecule has 0 bridgehead atoms. The maximum Gasteiger partial charge on any atom is 0.255 e. The molecule has 0 aromatic heterocycles. The molecule has 3 atom stereocenters. The van der Waals surface area contributed by atoms with Crippen molar-refractivity contribution in [2.24, 2.45) is 11.8 Å². The first-order chi connectivity index (χ1) is 16.5. The quantitative estimate of drug-likeness (QED) is 0.671. The Morgan fingerprint density at radius 3 is 2.47 bits per heavy atom. The zero-order chi connectivity index (χ0) is 23.4. The number of carbonyl (C=O) groups is 3. The number of amides is 3. The molecule has 2 aliphatic carbocycles. The third-order valence-corrected chi connectivity index (χ3v) is 8.75. The van der Waals surface area contributed by atoms with Crippen LogP contribution in [0.4, 0.5) is 4.39 Å². The van der Waals surface area contributed by atoms with Gasteiger partial charge in [0.1, 0.15) is 12.1 Å². The number of nitrogens with zero attached hydrogens (tertiary/aromatic N) is 2. The highest BCUT2D eigenvalue weighted by Gasteiger charge is 2.43. The largest absolute Gasteiger partial charge is 0.486 e. The Bertz CT molecular complexity index is 1020. The van der Waals surface area contributed by atoms with Crippen LogP contribution in [0.15, 0.2) is 12.1 Å². The van der Waals surface area contributed by atoms with Crippen LogP contribution in [0, 0.1) is 17.7 Å². The topological polar surface area (TPSA) is 79.0 Å². The van der Waals surface area contributed by atoms with Crippen molar-refractivity contribution in [3.05, 3.63) is 29.1 Å². The van der Waals surface area contributed by atoms with E-state index in [4.69, 9.17) is 4.74 Å². The molecule has 1 unspecified atom stereocenters. The Balaban J connectivity index is 1.15. The van der Waals surface area contributed by atoms with Gasteiger partial charge in [-0.25, -0.2) is 4.39 Å². The van der Waals surface area contributed by atoms with Crippen LogP contribution in [0.25, 0.3) is 0 Å². The van der Waals surface area contributed by atoms with Crippen molar-refractivity contribution >= 4 is 17.7 Å². The van der Waals surface area contributed by atoms with Gasteiger partial charge in [0.2, 0.25) is 11.8 Å². The van der Waals surface area contributed by atoms with Gasteiger partial charge >= 0.3 is 0 Å². The van der Waals surface area contributed by atoms with E-state index in [-0.39, 0.29) is 48.6 Å². The van der Waals surface area contributed by atoms with Crippen LogP contribution in [0.2, 0.25) is 0 Å². The summed E-state index contributed by atoms with van der Waals surface area (Å²) >= 11 is 0. The van der Waals surface area contributed by atoms with Gasteiger partial charge < -0.3 is 9.64 Å². The molecule has 2 saturated heterocycles. The second-order valence-electron chi connectivity index (χ2n) is 10.8. The molecule has 1 aromatic rings. The number of nitrogens with one attached hydrogen (secondary N) is 1. The average Bonchev–Trinajstić information content (AvgIpc) is 3.05. The Morgan fingerprint density at radius 2 is 1.74 bits per heavy atom. The second-order valence-corrected chi connectivity index (χ2v) is 10.8. The minimum atomic E-state index is -0.706. The van der Waals surface area contributed by atoms with E-state index in [9.17, 15) is 14.4 Å². The van der Waals surface area contributed by atoms with Crippen molar-refractivity contribution in [1.82, 2.24) is 15.1 Å². The number of hydrogen-bond acceptors (Lipinski definition) is 5. The number of hydrogen-bond donors (Lipinski definition) is 1. The fourth-order valence-electron chi connectivity index (χ4n) is 6.48. The van der Waals surface area contributed by atoms with Crippen LogP contribution in [0.5, 0.6) is 5.75 Å². The fraction of sp³-hybridized carbons (Fsp3) is 0.654. The van der Waals surface area contributed by atoms with Gasteiger partial charge in [0.05, 0.1) is 0 Å². The summed E-state index contributed by atoms with van der Waals surface area (Å²) in [5.74, 6) is 0.232. The number of rotatable bonds is 5. The number of fused-ring (bicyclic) bond motifs is 1. The van der Waals surface area contributed by atoms with E-state index in [0.29, 0.717) is 11.6 Å².